The molecule has 3 rings (SSSR count). The van der Waals surface area contributed by atoms with Gasteiger partial charge in [0, 0.05) is 12.1 Å². The molecule has 0 amide bonds. The van der Waals surface area contributed by atoms with Crippen LogP contribution in [-0.4, -0.2) is 26.1 Å². The maximum absolute atomic E-state index is 12.6. The molecule has 0 bridgehead atoms. The van der Waals surface area contributed by atoms with Gasteiger partial charge >= 0.3 is 6.18 Å². The zero-order valence-electron chi connectivity index (χ0n) is 11.6. The lowest BCUT2D eigenvalue weighted by Gasteiger charge is -2.07. The summed E-state index contributed by atoms with van der Waals surface area (Å²) in [4.78, 5) is 8.33. The Labute approximate surface area is 123 Å². The third-order valence-corrected chi connectivity index (χ3v) is 3.16. The minimum Gasteiger partial charge on any atom is -0.367 e. The van der Waals surface area contributed by atoms with Gasteiger partial charge in [0.15, 0.2) is 11.5 Å². The predicted octanol–water partition coefficient (Wildman–Crippen LogP) is 3.24. The Balaban J connectivity index is 2.05. The third-order valence-electron chi connectivity index (χ3n) is 3.16. The quantitative estimate of drug-likeness (QED) is 0.807. The first-order valence-corrected chi connectivity index (χ1v) is 6.61. The lowest BCUT2D eigenvalue weighted by molar-refractivity contribution is -0.137. The van der Waals surface area contributed by atoms with Crippen molar-refractivity contribution in [2.75, 3.05) is 11.9 Å². The van der Waals surface area contributed by atoms with Gasteiger partial charge in [-0.15, -0.1) is 0 Å². The molecule has 8 heteroatoms. The molecule has 1 aromatic carbocycles. The molecule has 3 aromatic rings. The monoisotopic (exact) mass is 307 g/mol. The molecule has 1 N–H and O–H groups in total. The summed E-state index contributed by atoms with van der Waals surface area (Å²) < 4.78 is 39.4. The molecule has 0 fully saturated rings. The number of fused-ring (bicyclic) bond motifs is 1. The summed E-state index contributed by atoms with van der Waals surface area (Å²) >= 11 is 0. The molecule has 0 aliphatic heterocycles. The highest BCUT2D eigenvalue weighted by atomic mass is 19.4. The van der Waals surface area contributed by atoms with Crippen LogP contribution in [0.1, 0.15) is 12.5 Å². The van der Waals surface area contributed by atoms with Crippen LogP contribution in [0.25, 0.3) is 16.9 Å². The Bertz CT molecular complexity index is 792. The van der Waals surface area contributed by atoms with Crippen molar-refractivity contribution >= 4 is 11.5 Å². The Hall–Kier alpha value is -2.64. The minimum atomic E-state index is -4.35. The van der Waals surface area contributed by atoms with Gasteiger partial charge < -0.3 is 5.32 Å². The normalized spacial score (nSPS) is 11.8. The summed E-state index contributed by atoms with van der Waals surface area (Å²) in [7, 11) is 0. The standard InChI is InChI=1S/C14H12F3N5/c1-2-18-12-13-19-7-11(22(13)21-8-20-12)9-3-5-10(6-4-9)14(15,16)17/h3-8H,2H2,1H3,(H,18,20,21). The molecular formula is C14H12F3N5. The number of imidazole rings is 1. The number of hydrogen-bond acceptors (Lipinski definition) is 4. The topological polar surface area (TPSA) is 55.1 Å². The highest BCUT2D eigenvalue weighted by molar-refractivity contribution is 5.69. The largest absolute Gasteiger partial charge is 0.416 e. The number of anilines is 1. The van der Waals surface area contributed by atoms with Crippen LogP contribution in [0.5, 0.6) is 0 Å². The van der Waals surface area contributed by atoms with Crippen LogP contribution in [0.15, 0.2) is 36.8 Å². The number of nitrogens with zero attached hydrogens (tertiary/aromatic N) is 4. The Morgan fingerprint density at radius 1 is 1.14 bits per heavy atom. The van der Waals surface area contributed by atoms with Crippen LogP contribution in [0, 0.1) is 0 Å². The van der Waals surface area contributed by atoms with Crippen molar-refractivity contribution < 1.29 is 13.2 Å². The van der Waals surface area contributed by atoms with E-state index < -0.39 is 11.7 Å². The summed E-state index contributed by atoms with van der Waals surface area (Å²) in [6.45, 7) is 2.60. The van der Waals surface area contributed by atoms with E-state index in [0.717, 1.165) is 12.1 Å². The van der Waals surface area contributed by atoms with E-state index in [9.17, 15) is 13.2 Å². The first kappa shape index (κ1) is 14.3. The summed E-state index contributed by atoms with van der Waals surface area (Å²) in [6.07, 6.45) is -1.41. The van der Waals surface area contributed by atoms with Crippen LogP contribution in [0.2, 0.25) is 0 Å². The van der Waals surface area contributed by atoms with E-state index in [1.807, 2.05) is 6.92 Å². The number of nitrogens with one attached hydrogen (secondary N) is 1. The van der Waals surface area contributed by atoms with Crippen LogP contribution >= 0.6 is 0 Å². The number of benzene rings is 1. The first-order chi connectivity index (χ1) is 10.5. The fourth-order valence-electron chi connectivity index (χ4n) is 2.14. The average molecular weight is 307 g/mol. The fraction of sp³-hybridized carbons (Fsp3) is 0.214. The van der Waals surface area contributed by atoms with Gasteiger partial charge in [-0.25, -0.2) is 14.5 Å². The second kappa shape index (κ2) is 5.28. The molecule has 114 valence electrons. The van der Waals surface area contributed by atoms with E-state index in [4.69, 9.17) is 0 Å². The second-order valence-corrected chi connectivity index (χ2v) is 4.59. The maximum Gasteiger partial charge on any atom is 0.416 e. The summed E-state index contributed by atoms with van der Waals surface area (Å²) in [6, 6.07) is 4.89. The van der Waals surface area contributed by atoms with Gasteiger partial charge in [0.1, 0.15) is 6.33 Å². The number of hydrogen-bond donors (Lipinski definition) is 1. The Morgan fingerprint density at radius 3 is 2.50 bits per heavy atom. The van der Waals surface area contributed by atoms with E-state index in [1.54, 1.807) is 10.7 Å². The van der Waals surface area contributed by atoms with Crippen molar-refractivity contribution in [3.05, 3.63) is 42.4 Å². The van der Waals surface area contributed by atoms with Gasteiger partial charge in [-0.2, -0.15) is 18.3 Å². The van der Waals surface area contributed by atoms with E-state index in [1.165, 1.54) is 18.5 Å². The van der Waals surface area contributed by atoms with E-state index >= 15 is 0 Å². The summed E-state index contributed by atoms with van der Waals surface area (Å²) in [5.74, 6) is 0.579. The van der Waals surface area contributed by atoms with Crippen molar-refractivity contribution in [3.63, 3.8) is 0 Å². The first-order valence-electron chi connectivity index (χ1n) is 6.61. The van der Waals surface area contributed by atoms with Gasteiger partial charge in [0.25, 0.3) is 0 Å². The van der Waals surface area contributed by atoms with Crippen molar-refractivity contribution in [1.82, 2.24) is 19.6 Å². The minimum absolute atomic E-state index is 0.527. The SMILES string of the molecule is CCNc1ncnn2c(-c3ccc(C(F)(F)F)cc3)cnc12. The van der Waals surface area contributed by atoms with Crippen LogP contribution in [0.3, 0.4) is 0 Å². The highest BCUT2D eigenvalue weighted by Crippen LogP contribution is 2.31. The van der Waals surface area contributed by atoms with Crippen LogP contribution < -0.4 is 5.32 Å². The number of aromatic nitrogens is 4. The van der Waals surface area contributed by atoms with Crippen LogP contribution in [-0.2, 0) is 6.18 Å². The lowest BCUT2D eigenvalue weighted by Crippen LogP contribution is -2.05. The zero-order valence-corrected chi connectivity index (χ0v) is 11.6. The molecule has 0 atom stereocenters. The summed E-state index contributed by atoms with van der Waals surface area (Å²) in [5, 5.41) is 7.17. The number of halogens is 3. The van der Waals surface area contributed by atoms with Gasteiger partial charge in [0.2, 0.25) is 0 Å². The Kier molecular flexibility index (Phi) is 3.44. The van der Waals surface area contributed by atoms with Crippen molar-refractivity contribution in [2.24, 2.45) is 0 Å². The second-order valence-electron chi connectivity index (χ2n) is 4.59. The smallest absolute Gasteiger partial charge is 0.367 e. The van der Waals surface area contributed by atoms with Gasteiger partial charge in [-0.1, -0.05) is 12.1 Å². The molecular weight excluding hydrogens is 295 g/mol. The van der Waals surface area contributed by atoms with E-state index in [-0.39, 0.29) is 0 Å². The molecule has 0 unspecified atom stereocenters. The molecule has 2 heterocycles. The van der Waals surface area contributed by atoms with E-state index in [0.29, 0.717) is 29.3 Å². The molecule has 0 saturated heterocycles. The number of alkyl halides is 3. The van der Waals surface area contributed by atoms with Gasteiger partial charge in [-0.05, 0) is 19.1 Å². The molecule has 2 aromatic heterocycles. The molecule has 0 radical (unpaired) electrons. The predicted molar refractivity (Wildman–Crippen MR) is 75.4 cm³/mol. The van der Waals surface area contributed by atoms with Crippen molar-refractivity contribution in [3.8, 4) is 11.3 Å². The Morgan fingerprint density at radius 2 is 1.86 bits per heavy atom. The molecule has 0 aliphatic rings. The highest BCUT2D eigenvalue weighted by Gasteiger charge is 2.30. The van der Waals surface area contributed by atoms with Gasteiger partial charge in [0.05, 0.1) is 17.5 Å². The lowest BCUT2D eigenvalue weighted by atomic mass is 10.1. The van der Waals surface area contributed by atoms with Crippen molar-refractivity contribution in [1.29, 1.82) is 0 Å². The molecule has 0 saturated carbocycles. The molecule has 5 nitrogen and oxygen atoms in total. The van der Waals surface area contributed by atoms with Crippen LogP contribution in [0.4, 0.5) is 19.0 Å². The average Bonchev–Trinajstić information content (AvgIpc) is 2.92. The zero-order chi connectivity index (χ0) is 15.7. The van der Waals surface area contributed by atoms with E-state index in [2.05, 4.69) is 20.4 Å². The fourth-order valence-corrected chi connectivity index (χ4v) is 2.14. The van der Waals surface area contributed by atoms with Gasteiger partial charge in [-0.3, -0.25) is 0 Å². The van der Waals surface area contributed by atoms with Crippen molar-refractivity contribution in [2.45, 2.75) is 13.1 Å². The summed E-state index contributed by atoms with van der Waals surface area (Å²) in [5.41, 5.74) is 1.04. The molecule has 0 spiro atoms. The molecule has 0 aliphatic carbocycles. The maximum atomic E-state index is 12.6. The third kappa shape index (κ3) is 2.47. The number of rotatable bonds is 3. The molecule has 22 heavy (non-hydrogen) atoms.